The van der Waals surface area contributed by atoms with Crippen LogP contribution in [0.25, 0.3) is 0 Å². The normalized spacial score (nSPS) is 12.7. The summed E-state index contributed by atoms with van der Waals surface area (Å²) in [5.74, 6) is -0.0455. The Bertz CT molecular complexity index is 345. The van der Waals surface area contributed by atoms with Crippen LogP contribution in [0.5, 0.6) is 0 Å². The zero-order valence-electron chi connectivity index (χ0n) is 7.69. The minimum atomic E-state index is -4.30. The summed E-state index contributed by atoms with van der Waals surface area (Å²) < 4.78 is 58.7. The summed E-state index contributed by atoms with van der Waals surface area (Å²) in [7, 11) is -7.86. The van der Waals surface area contributed by atoms with E-state index >= 15 is 0 Å². The van der Waals surface area contributed by atoms with Gasteiger partial charge in [-0.3, -0.25) is 4.55 Å². The molecule has 0 saturated heterocycles. The zero-order chi connectivity index (χ0) is 11.2. The fraction of sp³-hybridized carbons (Fsp3) is 0.500. The Labute approximate surface area is 118 Å². The van der Waals surface area contributed by atoms with Crippen molar-refractivity contribution in [2.45, 2.75) is 0 Å². The first kappa shape index (κ1) is 18.6. The van der Waals surface area contributed by atoms with Crippen molar-refractivity contribution in [2.75, 3.05) is 11.5 Å². The molecule has 0 radical (unpaired) electrons. The molecule has 0 aromatic heterocycles. The Balaban J connectivity index is 0. The molecule has 0 unspecified atom stereocenters. The molecule has 0 bridgehead atoms. The summed E-state index contributed by atoms with van der Waals surface area (Å²) in [5, 5.41) is 0. The van der Waals surface area contributed by atoms with Crippen LogP contribution in [0.2, 0.25) is 0 Å². The molecule has 0 aliphatic carbocycles. The summed E-state index contributed by atoms with van der Waals surface area (Å²) >= 11 is 0. The van der Waals surface area contributed by atoms with E-state index < -0.39 is 18.3 Å². The molecular formula is C4H7NaO6S4. The maximum atomic E-state index is 10.2. The Morgan fingerprint density at radius 1 is 1.07 bits per heavy atom. The third-order valence-electron chi connectivity index (χ3n) is 0.788. The van der Waals surface area contributed by atoms with Gasteiger partial charge in [-0.05, 0) is 10.8 Å². The van der Waals surface area contributed by atoms with Crippen molar-refractivity contribution in [1.82, 2.24) is 0 Å². The Morgan fingerprint density at radius 3 is 1.80 bits per heavy atom. The Morgan fingerprint density at radius 2 is 1.47 bits per heavy atom. The van der Waals surface area contributed by atoms with Gasteiger partial charge in [-0.15, -0.1) is 0 Å². The number of hydrogen-bond donors (Lipinski definition) is 1. The molecule has 11 heteroatoms. The van der Waals surface area contributed by atoms with Crippen LogP contribution in [0.1, 0.15) is 0 Å². The van der Waals surface area contributed by atoms with Gasteiger partial charge in [-0.2, -0.15) is 8.42 Å². The van der Waals surface area contributed by atoms with E-state index in [4.69, 9.17) is 4.55 Å². The molecule has 1 N–H and O–H groups in total. The average molecular weight is 302 g/mol. The maximum absolute atomic E-state index is 10.2. The molecule has 0 amide bonds. The van der Waals surface area contributed by atoms with E-state index in [0.29, 0.717) is 10.8 Å². The summed E-state index contributed by atoms with van der Waals surface area (Å²) in [6.07, 6.45) is 2.68. The van der Waals surface area contributed by atoms with Gasteiger partial charge in [0.15, 0.2) is 0 Å². The van der Waals surface area contributed by atoms with Crippen molar-refractivity contribution < 1.29 is 55.5 Å². The van der Waals surface area contributed by atoms with Gasteiger partial charge in [0.05, 0.1) is 0 Å². The predicted molar refractivity (Wildman–Crippen MR) is 55.3 cm³/mol. The van der Waals surface area contributed by atoms with Crippen molar-refractivity contribution in [3.8, 4) is 0 Å². The summed E-state index contributed by atoms with van der Waals surface area (Å²) in [6, 6.07) is 0. The van der Waals surface area contributed by atoms with Crippen LogP contribution in [0.15, 0.2) is 12.2 Å². The summed E-state index contributed by atoms with van der Waals surface area (Å²) in [5.41, 5.74) is 0. The van der Waals surface area contributed by atoms with Gasteiger partial charge in [0.1, 0.15) is 9.15 Å². The van der Waals surface area contributed by atoms with Crippen molar-refractivity contribution in [3.05, 3.63) is 12.2 Å². The molecule has 0 rings (SSSR count). The van der Waals surface area contributed by atoms with E-state index in [1.807, 2.05) is 0 Å². The van der Waals surface area contributed by atoms with Crippen molar-refractivity contribution in [1.29, 1.82) is 0 Å². The third kappa shape index (κ3) is 17.9. The van der Waals surface area contributed by atoms with Crippen LogP contribution in [-0.4, -0.2) is 37.4 Å². The van der Waals surface area contributed by atoms with E-state index in [1.54, 1.807) is 0 Å². The van der Waals surface area contributed by atoms with E-state index in [-0.39, 0.29) is 51.9 Å². The van der Waals surface area contributed by atoms with Crippen molar-refractivity contribution in [2.24, 2.45) is 0 Å². The fourth-order valence-electron chi connectivity index (χ4n) is 0.384. The van der Waals surface area contributed by atoms with Crippen LogP contribution in [0.4, 0.5) is 0 Å². The number of rotatable bonds is 6. The maximum Gasteiger partial charge on any atom is 1.00 e. The summed E-state index contributed by atoms with van der Waals surface area (Å²) in [4.78, 5) is 0. The molecule has 0 atom stereocenters. The quantitative estimate of drug-likeness (QED) is 0.244. The molecule has 84 valence electrons. The number of hydrogen-bond acceptors (Lipinski definition) is 7. The fourth-order valence-corrected chi connectivity index (χ4v) is 2.64. The molecular weight excluding hydrogens is 295 g/mol. The second-order valence-corrected chi connectivity index (χ2v) is 8.59. The molecule has 0 aliphatic heterocycles. The molecule has 0 aromatic carbocycles. The first-order chi connectivity index (χ1) is 6.21. The average Bonchev–Trinajstić information content (AvgIpc) is 1.92. The van der Waals surface area contributed by atoms with E-state index in [1.165, 1.54) is 12.2 Å². The molecule has 15 heavy (non-hydrogen) atoms. The van der Waals surface area contributed by atoms with E-state index in [2.05, 4.69) is 0 Å². The second kappa shape index (κ2) is 8.37. The third-order valence-corrected chi connectivity index (χ3v) is 4.61. The molecule has 6 nitrogen and oxygen atoms in total. The predicted octanol–water partition coefficient (Wildman–Crippen LogP) is -2.72. The smallest absolute Gasteiger partial charge is 0.739 e. The van der Waals surface area contributed by atoms with E-state index in [9.17, 15) is 21.4 Å². The van der Waals surface area contributed by atoms with Crippen LogP contribution in [0.3, 0.4) is 0 Å². The van der Waals surface area contributed by atoms with Crippen LogP contribution >= 0.6 is 21.6 Å². The SMILES string of the molecule is O=S(=O)([O-])SCC=CCSS(=O)(=O)O.[Na+]. The molecule has 0 heterocycles. The molecule has 0 aromatic rings. The van der Waals surface area contributed by atoms with Crippen LogP contribution in [0, 0.1) is 0 Å². The van der Waals surface area contributed by atoms with E-state index in [0.717, 1.165) is 0 Å². The van der Waals surface area contributed by atoms with Crippen molar-refractivity contribution >= 4 is 39.9 Å². The minimum absolute atomic E-state index is 0. The largest absolute Gasteiger partial charge is 1.00 e. The first-order valence-corrected chi connectivity index (χ1v) is 8.93. The standard InChI is InChI=1S/C4H8O6S4.Na/c5-13(6,7)11-3-1-2-4-12-14(8,9)10;/h1-2H,3-4H2,(H,5,6,7)(H,8,9,10);/q;+1/p-1. The Kier molecular flexibility index (Phi) is 10.4. The van der Waals surface area contributed by atoms with Gasteiger partial charge in [0.25, 0.3) is 0 Å². The molecule has 0 aliphatic rings. The van der Waals surface area contributed by atoms with Gasteiger partial charge in [0.2, 0.25) is 0 Å². The first-order valence-electron chi connectivity index (χ1n) is 3.08. The molecule has 0 fully saturated rings. The minimum Gasteiger partial charge on any atom is -0.739 e. The molecule has 0 spiro atoms. The Hall–Kier alpha value is 1.26. The zero-order valence-corrected chi connectivity index (χ0v) is 13.0. The second-order valence-electron chi connectivity index (χ2n) is 1.88. The summed E-state index contributed by atoms with van der Waals surface area (Å²) in [6.45, 7) is 0. The molecule has 0 saturated carbocycles. The van der Waals surface area contributed by atoms with Crippen molar-refractivity contribution in [3.63, 3.8) is 0 Å². The van der Waals surface area contributed by atoms with Gasteiger partial charge in [-0.1, -0.05) is 12.2 Å². The van der Waals surface area contributed by atoms with Gasteiger partial charge < -0.3 is 4.55 Å². The topological polar surface area (TPSA) is 112 Å². The van der Waals surface area contributed by atoms with Crippen LogP contribution in [-0.2, 0) is 18.3 Å². The van der Waals surface area contributed by atoms with Gasteiger partial charge >= 0.3 is 38.7 Å². The van der Waals surface area contributed by atoms with Crippen LogP contribution < -0.4 is 29.6 Å². The van der Waals surface area contributed by atoms with Gasteiger partial charge in [-0.25, -0.2) is 8.42 Å². The monoisotopic (exact) mass is 302 g/mol. The van der Waals surface area contributed by atoms with Gasteiger partial charge in [0, 0.05) is 22.3 Å².